The molecular weight excluding hydrogens is 306 g/mol. The number of pyridine rings is 1. The molecule has 1 aliphatic rings. The summed E-state index contributed by atoms with van der Waals surface area (Å²) in [6.07, 6.45) is 9.01. The van der Waals surface area contributed by atoms with E-state index in [1.165, 1.54) is 64.8 Å². The van der Waals surface area contributed by atoms with Gasteiger partial charge >= 0.3 is 0 Å². The summed E-state index contributed by atoms with van der Waals surface area (Å²) in [7, 11) is 0. The van der Waals surface area contributed by atoms with Gasteiger partial charge in [0, 0.05) is 18.0 Å². The zero-order valence-corrected chi connectivity index (χ0v) is 16.0. The molecule has 0 atom stereocenters. The van der Waals surface area contributed by atoms with Gasteiger partial charge in [0.25, 0.3) is 0 Å². The second-order valence-electron chi connectivity index (χ2n) is 7.40. The Morgan fingerprint density at radius 3 is 2.64 bits per heavy atom. The fourth-order valence-electron chi connectivity index (χ4n) is 4.14. The van der Waals surface area contributed by atoms with E-state index >= 15 is 0 Å². The lowest BCUT2D eigenvalue weighted by Crippen LogP contribution is -2.13. The highest BCUT2D eigenvalue weighted by atomic mass is 16.2. The molecule has 0 aliphatic heterocycles. The third-order valence-electron chi connectivity index (χ3n) is 5.58. The topological polar surface area (TPSA) is 33.1 Å². The molecule has 0 fully saturated rings. The molecule has 0 saturated carbocycles. The molecular formula is C23H31NO. The molecule has 0 saturated heterocycles. The lowest BCUT2D eigenvalue weighted by atomic mass is 9.84. The quantitative estimate of drug-likeness (QED) is 0.793. The van der Waals surface area contributed by atoms with Crippen LogP contribution in [0.5, 0.6) is 0 Å². The number of fused-ring (bicyclic) bond motifs is 1. The van der Waals surface area contributed by atoms with Crippen LogP contribution < -0.4 is 0 Å². The van der Waals surface area contributed by atoms with Gasteiger partial charge < -0.3 is 5.11 Å². The van der Waals surface area contributed by atoms with E-state index in [1.807, 2.05) is 0 Å². The molecule has 2 aromatic rings. The molecule has 1 aromatic heterocycles. The van der Waals surface area contributed by atoms with Crippen molar-refractivity contribution < 1.29 is 5.11 Å². The third kappa shape index (κ3) is 3.79. The maximum atomic E-state index is 9.61. The summed E-state index contributed by atoms with van der Waals surface area (Å²) in [5, 5.41) is 9.61. The molecule has 0 unspecified atom stereocenters. The third-order valence-corrected chi connectivity index (χ3v) is 5.58. The van der Waals surface area contributed by atoms with Crippen molar-refractivity contribution in [3.63, 3.8) is 0 Å². The average Bonchev–Trinajstić information content (AvgIpc) is 2.62. The largest absolute Gasteiger partial charge is 0.396 e. The number of aliphatic hydroxyl groups is 1. The predicted molar refractivity (Wildman–Crippen MR) is 105 cm³/mol. The Kier molecular flexibility index (Phi) is 5.90. The van der Waals surface area contributed by atoms with Crippen molar-refractivity contribution in [2.75, 3.05) is 6.61 Å². The minimum absolute atomic E-state index is 0.183. The van der Waals surface area contributed by atoms with Crippen LogP contribution in [0.2, 0.25) is 0 Å². The molecule has 1 N–H and O–H groups in total. The molecule has 1 heterocycles. The highest BCUT2D eigenvalue weighted by Gasteiger charge is 2.21. The smallest absolute Gasteiger partial charge is 0.0472 e. The van der Waals surface area contributed by atoms with Gasteiger partial charge in [0.15, 0.2) is 0 Å². The molecule has 134 valence electrons. The fraction of sp³-hybridized carbons (Fsp3) is 0.522. The molecule has 0 spiro atoms. The number of aromatic nitrogens is 1. The summed E-state index contributed by atoms with van der Waals surface area (Å²) in [5.41, 5.74) is 10.6. The first kappa shape index (κ1) is 18.1. The first-order valence-corrected chi connectivity index (χ1v) is 9.87. The van der Waals surface area contributed by atoms with E-state index in [0.29, 0.717) is 6.42 Å². The van der Waals surface area contributed by atoms with Crippen molar-refractivity contribution >= 4 is 0 Å². The summed E-state index contributed by atoms with van der Waals surface area (Å²) < 4.78 is 0. The van der Waals surface area contributed by atoms with Crippen LogP contribution in [0.1, 0.15) is 66.2 Å². The van der Waals surface area contributed by atoms with Gasteiger partial charge in [-0.2, -0.15) is 0 Å². The zero-order valence-electron chi connectivity index (χ0n) is 16.0. The Morgan fingerprint density at radius 2 is 1.88 bits per heavy atom. The molecule has 1 aromatic carbocycles. The van der Waals surface area contributed by atoms with E-state index in [0.717, 1.165) is 25.0 Å². The molecule has 0 bridgehead atoms. The highest BCUT2D eigenvalue weighted by Crippen LogP contribution is 2.36. The number of nitrogens with zero attached hydrogens (tertiary/aromatic N) is 1. The van der Waals surface area contributed by atoms with Crippen LogP contribution in [-0.2, 0) is 25.7 Å². The number of benzene rings is 1. The Morgan fingerprint density at radius 1 is 1.08 bits per heavy atom. The lowest BCUT2D eigenvalue weighted by molar-refractivity contribution is 0.299. The van der Waals surface area contributed by atoms with E-state index in [-0.39, 0.29) is 6.61 Å². The van der Waals surface area contributed by atoms with Gasteiger partial charge in [0.2, 0.25) is 0 Å². The number of aliphatic hydroxyl groups excluding tert-OH is 1. The van der Waals surface area contributed by atoms with Crippen molar-refractivity contribution in [1.29, 1.82) is 0 Å². The maximum absolute atomic E-state index is 9.61. The number of unbranched alkanes of at least 4 members (excludes halogenated alkanes) is 1. The minimum atomic E-state index is 0.183. The number of rotatable bonds is 6. The van der Waals surface area contributed by atoms with Crippen molar-refractivity contribution in [3.05, 3.63) is 51.8 Å². The molecule has 2 nitrogen and oxygen atoms in total. The second kappa shape index (κ2) is 8.14. The average molecular weight is 338 g/mol. The van der Waals surface area contributed by atoms with Crippen LogP contribution in [0.3, 0.4) is 0 Å². The summed E-state index contributed by atoms with van der Waals surface area (Å²) in [6.45, 7) is 6.76. The van der Waals surface area contributed by atoms with Crippen LogP contribution in [0, 0.1) is 13.8 Å². The van der Waals surface area contributed by atoms with Crippen molar-refractivity contribution in [2.24, 2.45) is 0 Å². The van der Waals surface area contributed by atoms with Gasteiger partial charge in [-0.1, -0.05) is 31.5 Å². The van der Waals surface area contributed by atoms with Crippen LogP contribution in [0.15, 0.2) is 18.2 Å². The van der Waals surface area contributed by atoms with Crippen LogP contribution in [0.25, 0.3) is 11.1 Å². The normalized spacial score (nSPS) is 13.8. The predicted octanol–water partition coefficient (Wildman–Crippen LogP) is 5.12. The fourth-order valence-corrected chi connectivity index (χ4v) is 4.14. The van der Waals surface area contributed by atoms with Crippen LogP contribution >= 0.6 is 0 Å². The van der Waals surface area contributed by atoms with Gasteiger partial charge in [0.05, 0.1) is 0 Å². The molecule has 0 amide bonds. The number of hydrogen-bond acceptors (Lipinski definition) is 2. The summed E-state index contributed by atoms with van der Waals surface area (Å²) in [6, 6.07) is 6.94. The van der Waals surface area contributed by atoms with Crippen molar-refractivity contribution in [3.8, 4) is 11.1 Å². The van der Waals surface area contributed by atoms with Crippen LogP contribution in [0.4, 0.5) is 0 Å². The van der Waals surface area contributed by atoms with E-state index in [9.17, 15) is 5.11 Å². The maximum Gasteiger partial charge on any atom is 0.0472 e. The Bertz CT molecular complexity index is 748. The highest BCUT2D eigenvalue weighted by molar-refractivity contribution is 5.74. The second-order valence-corrected chi connectivity index (χ2v) is 7.40. The van der Waals surface area contributed by atoms with Gasteiger partial charge in [-0.05, 0) is 92.2 Å². The summed E-state index contributed by atoms with van der Waals surface area (Å²) in [5.74, 6) is 0. The zero-order chi connectivity index (χ0) is 17.8. The molecule has 2 heteroatoms. The van der Waals surface area contributed by atoms with Gasteiger partial charge in [0.1, 0.15) is 0 Å². The number of hydrogen-bond donors (Lipinski definition) is 1. The molecule has 25 heavy (non-hydrogen) atoms. The number of aryl methyl sites for hydroxylation is 4. The van der Waals surface area contributed by atoms with Crippen molar-refractivity contribution in [2.45, 2.75) is 72.1 Å². The first-order valence-electron chi connectivity index (χ1n) is 9.87. The Hall–Kier alpha value is -1.67. The molecule has 1 aliphatic carbocycles. The molecule has 3 rings (SSSR count). The SMILES string of the molecule is CCCCc1cc(-c2c(CCO)c(C)nc3c2CCCC3)ccc1C. The van der Waals surface area contributed by atoms with Gasteiger partial charge in [-0.3, -0.25) is 4.98 Å². The van der Waals surface area contributed by atoms with Gasteiger partial charge in [-0.25, -0.2) is 0 Å². The van der Waals surface area contributed by atoms with E-state index < -0.39 is 0 Å². The first-order chi connectivity index (χ1) is 12.2. The van der Waals surface area contributed by atoms with E-state index in [4.69, 9.17) is 4.98 Å². The lowest BCUT2D eigenvalue weighted by Gasteiger charge is -2.24. The van der Waals surface area contributed by atoms with E-state index in [2.05, 4.69) is 39.0 Å². The molecule has 0 radical (unpaired) electrons. The van der Waals surface area contributed by atoms with Gasteiger partial charge in [-0.15, -0.1) is 0 Å². The Balaban J connectivity index is 2.16. The summed E-state index contributed by atoms with van der Waals surface area (Å²) in [4.78, 5) is 4.90. The minimum Gasteiger partial charge on any atom is -0.396 e. The Labute approximate surface area is 152 Å². The monoisotopic (exact) mass is 337 g/mol. The van der Waals surface area contributed by atoms with Crippen LogP contribution in [-0.4, -0.2) is 16.7 Å². The van der Waals surface area contributed by atoms with E-state index in [1.54, 1.807) is 0 Å². The van der Waals surface area contributed by atoms with Crippen molar-refractivity contribution in [1.82, 2.24) is 4.98 Å². The summed E-state index contributed by atoms with van der Waals surface area (Å²) >= 11 is 0. The standard InChI is InChI=1S/C23H31NO/c1-4-5-8-18-15-19(12-11-16(18)2)23-20(13-14-25)17(3)24-22-10-7-6-9-21(22)23/h11-12,15,25H,4-10,13-14H2,1-3H3.